The summed E-state index contributed by atoms with van der Waals surface area (Å²) in [5.41, 5.74) is 0.957. The van der Waals surface area contributed by atoms with E-state index in [4.69, 9.17) is 0 Å². The summed E-state index contributed by atoms with van der Waals surface area (Å²) >= 11 is 0. The van der Waals surface area contributed by atoms with Crippen LogP contribution in [0.15, 0.2) is 11.6 Å². The van der Waals surface area contributed by atoms with Crippen molar-refractivity contribution in [2.75, 3.05) is 6.61 Å². The molecule has 0 fully saturated rings. The second-order valence-corrected chi connectivity index (χ2v) is 3.27. The van der Waals surface area contributed by atoms with E-state index in [0.29, 0.717) is 0 Å². The summed E-state index contributed by atoms with van der Waals surface area (Å²) < 4.78 is 4.53. The largest absolute Gasteiger partial charge is 0.459 e. The normalized spacial score (nSPS) is 14.6. The number of hydrogen-bond donors (Lipinski definition) is 0. The van der Waals surface area contributed by atoms with Gasteiger partial charge in [-0.3, -0.25) is 4.79 Å². The van der Waals surface area contributed by atoms with Crippen LogP contribution < -0.4 is 0 Å². The van der Waals surface area contributed by atoms with Crippen molar-refractivity contribution < 1.29 is 14.3 Å². The molecule has 0 radical (unpaired) electrons. The highest BCUT2D eigenvalue weighted by atomic mass is 16.5. The molecule has 0 aromatic carbocycles. The second-order valence-electron chi connectivity index (χ2n) is 3.27. The van der Waals surface area contributed by atoms with Crippen LogP contribution in [0.1, 0.15) is 32.6 Å². The minimum absolute atomic E-state index is 0.203. The number of hydrogen-bond acceptors (Lipinski definition) is 3. The number of carbonyl (C=O) groups excluding carboxylic acids is 2. The van der Waals surface area contributed by atoms with E-state index in [1.807, 2.05) is 6.08 Å². The quantitative estimate of drug-likeness (QED) is 0.298. The van der Waals surface area contributed by atoms with Crippen LogP contribution in [-0.4, -0.2) is 18.4 Å². The van der Waals surface area contributed by atoms with Crippen LogP contribution in [0.3, 0.4) is 0 Å². The van der Waals surface area contributed by atoms with Gasteiger partial charge < -0.3 is 4.74 Å². The molecule has 1 aliphatic carbocycles. The molecule has 0 aliphatic heterocycles. The summed E-state index contributed by atoms with van der Waals surface area (Å²) in [6.07, 6.45) is 6.22. The summed E-state index contributed by atoms with van der Waals surface area (Å²) in [7, 11) is 0. The molecular formula is C12H14O3. The van der Waals surface area contributed by atoms with Gasteiger partial charge in [-0.25, -0.2) is 4.79 Å². The molecule has 80 valence electrons. The first-order chi connectivity index (χ1) is 7.24. The lowest BCUT2D eigenvalue weighted by Gasteiger charge is -2.05. The molecule has 3 heteroatoms. The minimum atomic E-state index is -0.860. The van der Waals surface area contributed by atoms with E-state index in [2.05, 4.69) is 16.6 Å². The second kappa shape index (κ2) is 6.02. The molecule has 0 amide bonds. The Bertz CT molecular complexity index is 342. The summed E-state index contributed by atoms with van der Waals surface area (Å²) in [5.74, 6) is 3.41. The molecule has 0 unspecified atom stereocenters. The molecule has 1 aliphatic rings. The Hall–Kier alpha value is -1.56. The monoisotopic (exact) mass is 206 g/mol. The Balaban J connectivity index is 2.53. The maximum atomic E-state index is 11.1. The van der Waals surface area contributed by atoms with E-state index >= 15 is 0 Å². The van der Waals surface area contributed by atoms with Crippen LogP contribution in [0.2, 0.25) is 0 Å². The van der Waals surface area contributed by atoms with Crippen molar-refractivity contribution >= 4 is 11.8 Å². The van der Waals surface area contributed by atoms with Gasteiger partial charge in [0.15, 0.2) is 0 Å². The predicted octanol–water partition coefficient (Wildman–Crippen LogP) is 1.62. The molecule has 0 aromatic rings. The lowest BCUT2D eigenvalue weighted by Crippen LogP contribution is -2.15. The van der Waals surface area contributed by atoms with Crippen molar-refractivity contribution in [3.05, 3.63) is 11.6 Å². The Kier molecular flexibility index (Phi) is 4.62. The van der Waals surface area contributed by atoms with Gasteiger partial charge in [0, 0.05) is 0 Å². The molecule has 0 bridgehead atoms. The van der Waals surface area contributed by atoms with Crippen molar-refractivity contribution in [3.63, 3.8) is 0 Å². The molecule has 0 N–H and O–H groups in total. The number of rotatable bonds is 2. The fourth-order valence-electron chi connectivity index (χ4n) is 1.34. The smallest absolute Gasteiger partial charge is 0.388 e. The van der Waals surface area contributed by atoms with E-state index < -0.39 is 11.8 Å². The van der Waals surface area contributed by atoms with E-state index in [-0.39, 0.29) is 6.61 Å². The van der Waals surface area contributed by atoms with Gasteiger partial charge in [0.2, 0.25) is 0 Å². The SMILES string of the molecule is CCOC(=O)C(=O)C#CC1=CCCCC1. The van der Waals surface area contributed by atoms with Crippen molar-refractivity contribution in [2.24, 2.45) is 0 Å². The first-order valence-electron chi connectivity index (χ1n) is 5.16. The average molecular weight is 206 g/mol. The number of Topliss-reactive ketones (excluding diaryl/α,β-unsaturated/α-hetero) is 1. The number of carbonyl (C=O) groups is 2. The summed E-state index contributed by atoms with van der Waals surface area (Å²) in [4.78, 5) is 22.0. The third-order valence-electron chi connectivity index (χ3n) is 2.09. The van der Waals surface area contributed by atoms with Gasteiger partial charge in [-0.15, -0.1) is 0 Å². The number of ether oxygens (including phenoxy) is 1. The molecule has 0 spiro atoms. The van der Waals surface area contributed by atoms with E-state index in [9.17, 15) is 9.59 Å². The Labute approximate surface area is 89.5 Å². The highest BCUT2D eigenvalue weighted by Crippen LogP contribution is 2.15. The third kappa shape index (κ3) is 3.99. The summed E-state index contributed by atoms with van der Waals surface area (Å²) in [6, 6.07) is 0. The zero-order valence-corrected chi connectivity index (χ0v) is 8.84. The molecule has 0 saturated heterocycles. The molecule has 0 saturated carbocycles. The molecular weight excluding hydrogens is 192 g/mol. The van der Waals surface area contributed by atoms with Gasteiger partial charge in [0.05, 0.1) is 6.61 Å². The molecule has 0 aromatic heterocycles. The fourth-order valence-corrected chi connectivity index (χ4v) is 1.34. The van der Waals surface area contributed by atoms with E-state index in [1.54, 1.807) is 6.92 Å². The third-order valence-corrected chi connectivity index (χ3v) is 2.09. The van der Waals surface area contributed by atoms with Crippen molar-refractivity contribution in [1.29, 1.82) is 0 Å². The first-order valence-corrected chi connectivity index (χ1v) is 5.16. The Morgan fingerprint density at radius 2 is 2.27 bits per heavy atom. The predicted molar refractivity (Wildman–Crippen MR) is 56.0 cm³/mol. The Morgan fingerprint density at radius 1 is 1.47 bits per heavy atom. The van der Waals surface area contributed by atoms with Crippen LogP contribution >= 0.6 is 0 Å². The van der Waals surface area contributed by atoms with Gasteiger partial charge in [0.1, 0.15) is 0 Å². The standard InChI is InChI=1S/C12H14O3/c1-2-15-12(14)11(13)9-8-10-6-4-3-5-7-10/h6H,2-5,7H2,1H3. The van der Waals surface area contributed by atoms with Crippen LogP contribution in [-0.2, 0) is 14.3 Å². The molecule has 0 heterocycles. The van der Waals surface area contributed by atoms with Crippen LogP contribution in [0.4, 0.5) is 0 Å². The summed E-state index contributed by atoms with van der Waals surface area (Å²) in [5, 5.41) is 0. The number of esters is 1. The zero-order valence-electron chi connectivity index (χ0n) is 8.84. The van der Waals surface area contributed by atoms with Crippen molar-refractivity contribution in [1.82, 2.24) is 0 Å². The maximum absolute atomic E-state index is 11.1. The molecule has 3 nitrogen and oxygen atoms in total. The lowest BCUT2D eigenvalue weighted by molar-refractivity contribution is -0.150. The van der Waals surface area contributed by atoms with Gasteiger partial charge >= 0.3 is 11.8 Å². The molecule has 15 heavy (non-hydrogen) atoms. The van der Waals surface area contributed by atoms with Gasteiger partial charge in [-0.2, -0.15) is 0 Å². The van der Waals surface area contributed by atoms with Gasteiger partial charge in [-0.05, 0) is 44.1 Å². The van der Waals surface area contributed by atoms with Crippen LogP contribution in [0.5, 0.6) is 0 Å². The van der Waals surface area contributed by atoms with Crippen LogP contribution in [0.25, 0.3) is 0 Å². The highest BCUT2D eigenvalue weighted by Gasteiger charge is 2.11. The first kappa shape index (κ1) is 11.5. The Morgan fingerprint density at radius 3 is 2.87 bits per heavy atom. The maximum Gasteiger partial charge on any atom is 0.388 e. The van der Waals surface area contributed by atoms with Gasteiger partial charge in [0.25, 0.3) is 0 Å². The number of allylic oxidation sites excluding steroid dienone is 2. The van der Waals surface area contributed by atoms with E-state index in [0.717, 1.165) is 24.8 Å². The lowest BCUT2D eigenvalue weighted by atomic mass is 10.00. The zero-order chi connectivity index (χ0) is 11.1. The van der Waals surface area contributed by atoms with Gasteiger partial charge in [-0.1, -0.05) is 12.0 Å². The summed E-state index contributed by atoms with van der Waals surface area (Å²) in [6.45, 7) is 1.86. The van der Waals surface area contributed by atoms with Crippen molar-refractivity contribution in [3.8, 4) is 11.8 Å². The molecule has 0 atom stereocenters. The average Bonchev–Trinajstić information content (AvgIpc) is 2.27. The number of ketones is 1. The van der Waals surface area contributed by atoms with E-state index in [1.165, 1.54) is 6.42 Å². The topological polar surface area (TPSA) is 43.4 Å². The highest BCUT2D eigenvalue weighted by molar-refractivity contribution is 6.40. The van der Waals surface area contributed by atoms with Crippen LogP contribution in [0, 0.1) is 11.8 Å². The molecule has 1 rings (SSSR count). The minimum Gasteiger partial charge on any atom is -0.459 e. The fraction of sp³-hybridized carbons (Fsp3) is 0.500. The van der Waals surface area contributed by atoms with Crippen molar-refractivity contribution in [2.45, 2.75) is 32.6 Å².